The Bertz CT molecular complexity index is 359. The Balaban J connectivity index is 2.75. The molecule has 3 N–H and O–H groups in total. The van der Waals surface area contributed by atoms with E-state index in [0.29, 0.717) is 6.54 Å². The molecule has 3 heteroatoms. The van der Waals surface area contributed by atoms with Crippen LogP contribution in [0.2, 0.25) is 0 Å². The van der Waals surface area contributed by atoms with Crippen LogP contribution in [-0.4, -0.2) is 25.4 Å². The van der Waals surface area contributed by atoms with Gasteiger partial charge in [-0.1, -0.05) is 6.07 Å². The van der Waals surface area contributed by atoms with Crippen molar-refractivity contribution in [2.45, 2.75) is 26.7 Å². The highest BCUT2D eigenvalue weighted by molar-refractivity contribution is 5.43. The highest BCUT2D eigenvalue weighted by Gasteiger charge is 2.09. The molecule has 0 aliphatic heterocycles. The summed E-state index contributed by atoms with van der Waals surface area (Å²) in [6.07, 6.45) is 1.89. The van der Waals surface area contributed by atoms with Crippen molar-refractivity contribution in [2.24, 2.45) is 11.7 Å². The van der Waals surface area contributed by atoms with Gasteiger partial charge in [0.2, 0.25) is 0 Å². The zero-order valence-corrected chi connectivity index (χ0v) is 11.0. The molecule has 1 atom stereocenters. The van der Waals surface area contributed by atoms with Crippen LogP contribution in [-0.2, 0) is 6.42 Å². The molecule has 1 aromatic rings. The fourth-order valence-corrected chi connectivity index (χ4v) is 1.99. The van der Waals surface area contributed by atoms with Gasteiger partial charge in [0.05, 0.1) is 7.11 Å². The quantitative estimate of drug-likeness (QED) is 0.793. The average molecular weight is 237 g/mol. The first kappa shape index (κ1) is 14.0. The summed E-state index contributed by atoms with van der Waals surface area (Å²) in [5.41, 5.74) is 9.36. The van der Waals surface area contributed by atoms with Crippen molar-refractivity contribution in [1.29, 1.82) is 0 Å². The van der Waals surface area contributed by atoms with E-state index in [1.165, 1.54) is 16.7 Å². The van der Waals surface area contributed by atoms with Crippen molar-refractivity contribution >= 4 is 0 Å². The zero-order chi connectivity index (χ0) is 12.8. The maximum absolute atomic E-state index is 9.11. The molecule has 3 nitrogen and oxygen atoms in total. The molecule has 0 amide bonds. The molecule has 1 aromatic carbocycles. The average Bonchev–Trinajstić information content (AvgIpc) is 2.35. The second-order valence-corrected chi connectivity index (χ2v) is 4.50. The van der Waals surface area contributed by atoms with Gasteiger partial charge in [-0.15, -0.1) is 0 Å². The third-order valence-electron chi connectivity index (χ3n) is 3.48. The minimum Gasteiger partial charge on any atom is -0.496 e. The molecular formula is C14H23NO2. The Labute approximate surface area is 104 Å². The minimum absolute atomic E-state index is 0.171. The first-order valence-corrected chi connectivity index (χ1v) is 6.08. The Morgan fingerprint density at radius 1 is 1.29 bits per heavy atom. The number of methoxy groups -OCH3 is 1. The van der Waals surface area contributed by atoms with E-state index in [2.05, 4.69) is 19.9 Å². The summed E-state index contributed by atoms with van der Waals surface area (Å²) in [7, 11) is 1.69. The summed E-state index contributed by atoms with van der Waals surface area (Å²) in [6.45, 7) is 4.91. The number of ether oxygens (including phenoxy) is 1. The van der Waals surface area contributed by atoms with Crippen LogP contribution in [0.15, 0.2) is 12.1 Å². The van der Waals surface area contributed by atoms with Crippen LogP contribution >= 0.6 is 0 Å². The largest absolute Gasteiger partial charge is 0.496 e. The van der Waals surface area contributed by atoms with E-state index >= 15 is 0 Å². The smallest absolute Gasteiger partial charge is 0.122 e. The van der Waals surface area contributed by atoms with Gasteiger partial charge in [-0.3, -0.25) is 0 Å². The van der Waals surface area contributed by atoms with Gasteiger partial charge >= 0.3 is 0 Å². The molecule has 0 aliphatic rings. The molecule has 1 rings (SSSR count). The number of hydrogen-bond donors (Lipinski definition) is 2. The summed E-state index contributed by atoms with van der Waals surface area (Å²) in [4.78, 5) is 0. The van der Waals surface area contributed by atoms with Crippen molar-refractivity contribution in [3.8, 4) is 5.75 Å². The van der Waals surface area contributed by atoms with Gasteiger partial charge in [-0.05, 0) is 61.9 Å². The Kier molecular flexibility index (Phi) is 5.45. The van der Waals surface area contributed by atoms with Crippen LogP contribution in [0, 0.1) is 19.8 Å². The zero-order valence-electron chi connectivity index (χ0n) is 11.0. The van der Waals surface area contributed by atoms with Gasteiger partial charge in [0, 0.05) is 6.61 Å². The highest BCUT2D eigenvalue weighted by Crippen LogP contribution is 2.25. The van der Waals surface area contributed by atoms with Crippen LogP contribution in [0.25, 0.3) is 0 Å². The predicted molar refractivity (Wildman–Crippen MR) is 70.4 cm³/mol. The molecule has 96 valence electrons. The summed E-state index contributed by atoms with van der Waals surface area (Å²) in [6, 6.07) is 4.11. The molecule has 0 bridgehead atoms. The second-order valence-electron chi connectivity index (χ2n) is 4.50. The lowest BCUT2D eigenvalue weighted by Gasteiger charge is -2.15. The molecule has 0 aromatic heterocycles. The fourth-order valence-electron chi connectivity index (χ4n) is 1.99. The monoisotopic (exact) mass is 237 g/mol. The van der Waals surface area contributed by atoms with Gasteiger partial charge in [0.1, 0.15) is 5.75 Å². The van der Waals surface area contributed by atoms with E-state index in [-0.39, 0.29) is 12.5 Å². The third kappa shape index (κ3) is 3.45. The van der Waals surface area contributed by atoms with E-state index in [1.807, 2.05) is 6.07 Å². The van der Waals surface area contributed by atoms with E-state index < -0.39 is 0 Å². The molecule has 0 radical (unpaired) electrons. The molecule has 0 heterocycles. The molecule has 0 saturated heterocycles. The van der Waals surface area contributed by atoms with E-state index in [0.717, 1.165) is 18.6 Å². The minimum atomic E-state index is 0.171. The summed E-state index contributed by atoms with van der Waals surface area (Å²) >= 11 is 0. The first-order chi connectivity index (χ1) is 8.13. The maximum Gasteiger partial charge on any atom is 0.122 e. The molecule has 17 heavy (non-hydrogen) atoms. The summed E-state index contributed by atoms with van der Waals surface area (Å²) < 4.78 is 5.29. The molecule has 1 unspecified atom stereocenters. The maximum atomic E-state index is 9.11. The fraction of sp³-hybridized carbons (Fsp3) is 0.571. The lowest BCUT2D eigenvalue weighted by Crippen LogP contribution is -2.18. The van der Waals surface area contributed by atoms with Crippen molar-refractivity contribution in [1.82, 2.24) is 0 Å². The second kappa shape index (κ2) is 6.62. The SMILES string of the molecule is COc1ccc(CCC(CN)CO)c(C)c1C. The number of aryl methyl sites for hydroxylation is 1. The summed E-state index contributed by atoms with van der Waals surface area (Å²) in [5, 5.41) is 9.11. The van der Waals surface area contributed by atoms with Crippen molar-refractivity contribution in [3.63, 3.8) is 0 Å². The van der Waals surface area contributed by atoms with Crippen LogP contribution < -0.4 is 10.5 Å². The normalized spacial score (nSPS) is 12.5. The number of benzene rings is 1. The predicted octanol–water partition coefficient (Wildman–Crippen LogP) is 1.81. The Hall–Kier alpha value is -1.06. The van der Waals surface area contributed by atoms with Crippen LogP contribution in [0.3, 0.4) is 0 Å². The topological polar surface area (TPSA) is 55.5 Å². The summed E-state index contributed by atoms with van der Waals surface area (Å²) in [5.74, 6) is 1.14. The van der Waals surface area contributed by atoms with Gasteiger partial charge in [0.25, 0.3) is 0 Å². The third-order valence-corrected chi connectivity index (χ3v) is 3.48. The number of aliphatic hydroxyl groups excluding tert-OH is 1. The van der Waals surface area contributed by atoms with Gasteiger partial charge < -0.3 is 15.6 Å². The molecule has 0 fully saturated rings. The van der Waals surface area contributed by atoms with Crippen LogP contribution in [0.5, 0.6) is 5.75 Å². The first-order valence-electron chi connectivity index (χ1n) is 6.08. The van der Waals surface area contributed by atoms with Crippen LogP contribution in [0.4, 0.5) is 0 Å². The number of rotatable bonds is 6. The molecule has 0 aliphatic carbocycles. The van der Waals surface area contributed by atoms with Gasteiger partial charge in [0.15, 0.2) is 0 Å². The van der Waals surface area contributed by atoms with Crippen LogP contribution in [0.1, 0.15) is 23.1 Å². The van der Waals surface area contributed by atoms with E-state index in [9.17, 15) is 0 Å². The van der Waals surface area contributed by atoms with Gasteiger partial charge in [-0.25, -0.2) is 0 Å². The number of hydrogen-bond acceptors (Lipinski definition) is 3. The van der Waals surface area contributed by atoms with E-state index in [4.69, 9.17) is 15.6 Å². The number of nitrogens with two attached hydrogens (primary N) is 1. The lowest BCUT2D eigenvalue weighted by molar-refractivity contribution is 0.223. The van der Waals surface area contributed by atoms with Gasteiger partial charge in [-0.2, -0.15) is 0 Å². The molecular weight excluding hydrogens is 214 g/mol. The number of aliphatic hydroxyl groups is 1. The Morgan fingerprint density at radius 2 is 2.00 bits per heavy atom. The molecule has 0 spiro atoms. The van der Waals surface area contributed by atoms with Crippen molar-refractivity contribution < 1.29 is 9.84 Å². The van der Waals surface area contributed by atoms with E-state index in [1.54, 1.807) is 7.11 Å². The highest BCUT2D eigenvalue weighted by atomic mass is 16.5. The molecule has 0 saturated carbocycles. The van der Waals surface area contributed by atoms with Crippen molar-refractivity contribution in [3.05, 3.63) is 28.8 Å². The lowest BCUT2D eigenvalue weighted by atomic mass is 9.95. The standard InChI is InChI=1S/C14H23NO2/c1-10-11(2)14(17-3)7-6-13(10)5-4-12(8-15)9-16/h6-7,12,16H,4-5,8-9,15H2,1-3H3. The Morgan fingerprint density at radius 3 is 2.53 bits per heavy atom. The van der Waals surface area contributed by atoms with Crippen molar-refractivity contribution in [2.75, 3.05) is 20.3 Å².